The topological polar surface area (TPSA) is 152 Å². The molecule has 1 heterocycles. The Morgan fingerprint density at radius 1 is 1.18 bits per heavy atom. The predicted octanol–water partition coefficient (Wildman–Crippen LogP) is 0.132. The standard InChI is InChI=1S/C11H20N5O5P/c1-3-20-22(19,21-4-2)7-5-6-16-9(11(13)18)8(10(12)17)14-15-16/h3-7H2,1-2H3,(H2,12,17)(H2,13,18). The number of hydrogen-bond acceptors (Lipinski definition) is 7. The lowest BCUT2D eigenvalue weighted by Crippen LogP contribution is -2.23. The third-order valence-corrected chi connectivity index (χ3v) is 4.82. The molecule has 22 heavy (non-hydrogen) atoms. The van der Waals surface area contributed by atoms with E-state index in [0.29, 0.717) is 6.42 Å². The van der Waals surface area contributed by atoms with Gasteiger partial charge in [0.05, 0.1) is 19.4 Å². The Balaban J connectivity index is 2.78. The number of carbonyl (C=O) groups excluding carboxylic acids is 2. The quantitative estimate of drug-likeness (QED) is 0.577. The van der Waals surface area contributed by atoms with Crippen molar-refractivity contribution >= 4 is 19.4 Å². The van der Waals surface area contributed by atoms with Crippen LogP contribution in [0, 0.1) is 0 Å². The average Bonchev–Trinajstić information content (AvgIpc) is 2.83. The van der Waals surface area contributed by atoms with Gasteiger partial charge < -0.3 is 20.5 Å². The predicted molar refractivity (Wildman–Crippen MR) is 77.4 cm³/mol. The zero-order chi connectivity index (χ0) is 16.8. The molecule has 1 rings (SSSR count). The number of rotatable bonds is 10. The molecule has 1 aromatic heterocycles. The van der Waals surface area contributed by atoms with Crippen molar-refractivity contribution in [3.05, 3.63) is 11.4 Å². The maximum absolute atomic E-state index is 12.3. The number of carbonyl (C=O) groups is 2. The Morgan fingerprint density at radius 3 is 2.23 bits per heavy atom. The number of primary amides is 2. The van der Waals surface area contributed by atoms with E-state index in [4.69, 9.17) is 20.5 Å². The van der Waals surface area contributed by atoms with Gasteiger partial charge in [0.15, 0.2) is 11.4 Å². The van der Waals surface area contributed by atoms with Crippen LogP contribution < -0.4 is 11.5 Å². The van der Waals surface area contributed by atoms with Crippen molar-refractivity contribution < 1.29 is 23.2 Å². The Labute approximate surface area is 127 Å². The number of nitrogens with zero attached hydrogens (tertiary/aromatic N) is 3. The Kier molecular flexibility index (Phi) is 6.66. The molecule has 0 aliphatic heterocycles. The Bertz CT molecular complexity index is 577. The maximum atomic E-state index is 12.3. The van der Waals surface area contributed by atoms with Crippen molar-refractivity contribution in [2.75, 3.05) is 19.4 Å². The van der Waals surface area contributed by atoms with Gasteiger partial charge in [0, 0.05) is 6.54 Å². The van der Waals surface area contributed by atoms with Gasteiger partial charge in [-0.2, -0.15) is 0 Å². The molecule has 0 bridgehead atoms. The van der Waals surface area contributed by atoms with Crippen molar-refractivity contribution in [1.29, 1.82) is 0 Å². The van der Waals surface area contributed by atoms with Crippen LogP contribution in [0.3, 0.4) is 0 Å². The normalized spacial score (nSPS) is 11.5. The highest BCUT2D eigenvalue weighted by Crippen LogP contribution is 2.48. The van der Waals surface area contributed by atoms with Crippen molar-refractivity contribution in [2.24, 2.45) is 11.5 Å². The van der Waals surface area contributed by atoms with Crippen LogP contribution in [0.15, 0.2) is 0 Å². The molecule has 0 fully saturated rings. The number of nitrogens with two attached hydrogens (primary N) is 2. The fourth-order valence-electron chi connectivity index (χ4n) is 1.85. The van der Waals surface area contributed by atoms with E-state index in [1.165, 1.54) is 0 Å². The summed E-state index contributed by atoms with van der Waals surface area (Å²) in [6, 6.07) is 0. The van der Waals surface area contributed by atoms with Crippen molar-refractivity contribution in [3.8, 4) is 0 Å². The van der Waals surface area contributed by atoms with Gasteiger partial charge in [0.2, 0.25) is 0 Å². The first kappa shape index (κ1) is 18.3. The summed E-state index contributed by atoms with van der Waals surface area (Å²) < 4.78 is 23.7. The van der Waals surface area contributed by atoms with Crippen LogP contribution >= 0.6 is 7.60 Å². The van der Waals surface area contributed by atoms with Crippen LogP contribution in [0.2, 0.25) is 0 Å². The molecule has 0 saturated carbocycles. The maximum Gasteiger partial charge on any atom is 0.330 e. The lowest BCUT2D eigenvalue weighted by molar-refractivity contribution is 0.0958. The zero-order valence-electron chi connectivity index (χ0n) is 12.5. The van der Waals surface area contributed by atoms with Crippen LogP contribution in [0.5, 0.6) is 0 Å². The minimum Gasteiger partial charge on any atom is -0.364 e. The molecule has 0 aliphatic carbocycles. The highest BCUT2D eigenvalue weighted by molar-refractivity contribution is 7.53. The summed E-state index contributed by atoms with van der Waals surface area (Å²) in [5.74, 6) is -1.76. The van der Waals surface area contributed by atoms with Crippen LogP contribution in [0.25, 0.3) is 0 Å². The SMILES string of the molecule is CCOP(=O)(CCCn1nnc(C(N)=O)c1C(N)=O)OCC. The minimum atomic E-state index is -3.18. The summed E-state index contributed by atoms with van der Waals surface area (Å²) in [5, 5.41) is 7.19. The van der Waals surface area contributed by atoms with Gasteiger partial charge in [-0.1, -0.05) is 5.21 Å². The molecule has 0 radical (unpaired) electrons. The molecule has 10 nitrogen and oxygen atoms in total. The summed E-state index contributed by atoms with van der Waals surface area (Å²) in [6.07, 6.45) is 0.470. The molecule has 2 amide bonds. The number of amides is 2. The molecule has 4 N–H and O–H groups in total. The van der Waals surface area contributed by atoms with E-state index in [2.05, 4.69) is 10.3 Å². The van der Waals surface area contributed by atoms with E-state index in [1.54, 1.807) is 13.8 Å². The van der Waals surface area contributed by atoms with Gasteiger partial charge in [-0.3, -0.25) is 14.2 Å². The first-order valence-corrected chi connectivity index (χ1v) is 8.48. The average molecular weight is 333 g/mol. The van der Waals surface area contributed by atoms with E-state index < -0.39 is 19.4 Å². The molecule has 0 saturated heterocycles. The van der Waals surface area contributed by atoms with E-state index in [0.717, 1.165) is 4.68 Å². The zero-order valence-corrected chi connectivity index (χ0v) is 13.4. The van der Waals surface area contributed by atoms with Gasteiger partial charge in [0.1, 0.15) is 0 Å². The molecular weight excluding hydrogens is 313 g/mol. The number of hydrogen-bond donors (Lipinski definition) is 2. The second-order valence-corrected chi connectivity index (χ2v) is 6.45. The van der Waals surface area contributed by atoms with Gasteiger partial charge in [0.25, 0.3) is 11.8 Å². The Hall–Kier alpha value is -1.77. The molecule has 0 aromatic carbocycles. The molecule has 0 spiro atoms. The van der Waals surface area contributed by atoms with Crippen molar-refractivity contribution in [1.82, 2.24) is 15.0 Å². The third kappa shape index (κ3) is 4.62. The first-order valence-electron chi connectivity index (χ1n) is 6.75. The summed E-state index contributed by atoms with van der Waals surface area (Å²) in [6.45, 7) is 4.13. The highest BCUT2D eigenvalue weighted by Gasteiger charge is 2.25. The van der Waals surface area contributed by atoms with Gasteiger partial charge in [-0.15, -0.1) is 5.10 Å². The summed E-state index contributed by atoms with van der Waals surface area (Å²) in [5.41, 5.74) is 9.84. The second kappa shape index (κ2) is 8.02. The van der Waals surface area contributed by atoms with E-state index >= 15 is 0 Å². The first-order chi connectivity index (χ1) is 10.3. The van der Waals surface area contributed by atoms with Crippen LogP contribution in [-0.2, 0) is 20.2 Å². The second-order valence-electron chi connectivity index (χ2n) is 4.26. The van der Waals surface area contributed by atoms with Crippen LogP contribution in [-0.4, -0.2) is 46.2 Å². The number of aryl methyl sites for hydroxylation is 1. The molecule has 11 heteroatoms. The van der Waals surface area contributed by atoms with E-state index in [1.807, 2.05) is 0 Å². The summed E-state index contributed by atoms with van der Waals surface area (Å²) in [7, 11) is -3.18. The molecule has 124 valence electrons. The molecule has 0 aliphatic rings. The fraction of sp³-hybridized carbons (Fsp3) is 0.636. The molecule has 0 atom stereocenters. The Morgan fingerprint density at radius 2 is 1.77 bits per heavy atom. The summed E-state index contributed by atoms with van der Waals surface area (Å²) in [4.78, 5) is 22.5. The van der Waals surface area contributed by atoms with E-state index in [-0.39, 0.29) is 37.3 Å². The lowest BCUT2D eigenvalue weighted by Gasteiger charge is -2.16. The monoisotopic (exact) mass is 333 g/mol. The fourth-order valence-corrected chi connectivity index (χ4v) is 3.50. The van der Waals surface area contributed by atoms with E-state index in [9.17, 15) is 14.2 Å². The minimum absolute atomic E-state index is 0.138. The number of aromatic nitrogens is 3. The smallest absolute Gasteiger partial charge is 0.330 e. The summed E-state index contributed by atoms with van der Waals surface area (Å²) >= 11 is 0. The third-order valence-electron chi connectivity index (χ3n) is 2.66. The lowest BCUT2D eigenvalue weighted by atomic mass is 10.3. The van der Waals surface area contributed by atoms with Gasteiger partial charge in [-0.25, -0.2) is 4.68 Å². The largest absolute Gasteiger partial charge is 0.364 e. The molecule has 1 aromatic rings. The van der Waals surface area contributed by atoms with Crippen LogP contribution in [0.1, 0.15) is 41.2 Å². The van der Waals surface area contributed by atoms with Crippen molar-refractivity contribution in [2.45, 2.75) is 26.8 Å². The molecule has 0 unspecified atom stereocenters. The van der Waals surface area contributed by atoms with Gasteiger partial charge in [-0.05, 0) is 20.3 Å². The van der Waals surface area contributed by atoms with Crippen LogP contribution in [0.4, 0.5) is 0 Å². The highest BCUT2D eigenvalue weighted by atomic mass is 31.2. The van der Waals surface area contributed by atoms with Gasteiger partial charge >= 0.3 is 7.60 Å². The van der Waals surface area contributed by atoms with Crippen molar-refractivity contribution in [3.63, 3.8) is 0 Å². The molecular formula is C11H20N5O5P.